The van der Waals surface area contributed by atoms with Crippen molar-refractivity contribution < 1.29 is 13.9 Å². The maximum Gasteiger partial charge on any atom is 0.225 e. The number of amides is 1. The van der Waals surface area contributed by atoms with Crippen LogP contribution in [0.4, 0.5) is 10.1 Å². The Morgan fingerprint density at radius 1 is 1.29 bits per heavy atom. The highest BCUT2D eigenvalue weighted by atomic mass is 19.1. The van der Waals surface area contributed by atoms with Gasteiger partial charge >= 0.3 is 0 Å². The van der Waals surface area contributed by atoms with E-state index < -0.39 is 5.82 Å². The molecule has 2 aromatic carbocycles. The van der Waals surface area contributed by atoms with Crippen LogP contribution in [0.2, 0.25) is 0 Å². The van der Waals surface area contributed by atoms with Gasteiger partial charge in [0.2, 0.25) is 5.91 Å². The molecule has 1 unspecified atom stereocenters. The van der Waals surface area contributed by atoms with Gasteiger partial charge in [0.1, 0.15) is 11.6 Å². The fourth-order valence-electron chi connectivity index (χ4n) is 3.24. The molecule has 3 rings (SSSR count). The van der Waals surface area contributed by atoms with Crippen LogP contribution in [0.15, 0.2) is 42.5 Å². The molecule has 0 heterocycles. The van der Waals surface area contributed by atoms with Gasteiger partial charge in [-0.3, -0.25) is 4.79 Å². The van der Waals surface area contributed by atoms with E-state index in [4.69, 9.17) is 4.74 Å². The third-order valence-corrected chi connectivity index (χ3v) is 4.27. The topological polar surface area (TPSA) is 38.3 Å². The van der Waals surface area contributed by atoms with Crippen LogP contribution in [0.25, 0.3) is 0 Å². The normalized spacial score (nSPS) is 16.1. The molecule has 0 radical (unpaired) electrons. The Balaban J connectivity index is 1.71. The summed E-state index contributed by atoms with van der Waals surface area (Å²) in [4.78, 5) is 12.4. The van der Waals surface area contributed by atoms with Gasteiger partial charge in [-0.2, -0.15) is 0 Å². The molecule has 0 saturated heterocycles. The summed E-state index contributed by atoms with van der Waals surface area (Å²) in [5, 5.41) is 2.81. The molecule has 1 N–H and O–H groups in total. The predicted octanol–water partition coefficient (Wildman–Crippen LogP) is 4.67. The van der Waals surface area contributed by atoms with Gasteiger partial charge in [-0.25, -0.2) is 4.39 Å². The minimum Gasteiger partial charge on any atom is -0.489 e. The summed E-state index contributed by atoms with van der Waals surface area (Å²) in [5.74, 6) is 0.208. The molecule has 24 heavy (non-hydrogen) atoms. The number of halogens is 1. The number of benzene rings is 2. The number of rotatable bonds is 5. The fourth-order valence-corrected chi connectivity index (χ4v) is 3.24. The van der Waals surface area contributed by atoms with E-state index in [0.717, 1.165) is 12.8 Å². The van der Waals surface area contributed by atoms with Crippen LogP contribution in [0.5, 0.6) is 5.75 Å². The molecule has 3 nitrogen and oxygen atoms in total. The molecule has 1 aliphatic rings. The van der Waals surface area contributed by atoms with E-state index in [1.807, 2.05) is 26.0 Å². The summed E-state index contributed by atoms with van der Waals surface area (Å²) in [6.45, 7) is 3.79. The number of anilines is 1. The van der Waals surface area contributed by atoms with Crippen LogP contribution in [-0.4, -0.2) is 12.0 Å². The van der Waals surface area contributed by atoms with Crippen molar-refractivity contribution in [2.75, 3.05) is 5.32 Å². The lowest BCUT2D eigenvalue weighted by Gasteiger charge is -2.16. The molecule has 0 fully saturated rings. The van der Waals surface area contributed by atoms with Gasteiger partial charge in [-0.05, 0) is 55.9 Å². The molecule has 0 bridgehead atoms. The van der Waals surface area contributed by atoms with Crippen molar-refractivity contribution in [3.63, 3.8) is 0 Å². The Morgan fingerprint density at radius 3 is 2.88 bits per heavy atom. The second-order valence-electron chi connectivity index (χ2n) is 6.49. The van der Waals surface area contributed by atoms with E-state index >= 15 is 0 Å². The Labute approximate surface area is 141 Å². The standard InChI is InChI=1S/C20H22FNO2/c1-13(2)24-19-10-9-16(21)12-18(19)22-20(23)11-15-8-7-14-5-3-4-6-17(14)15/h3-6,9-10,12-13,15H,7-8,11H2,1-2H3,(H,22,23). The lowest BCUT2D eigenvalue weighted by Crippen LogP contribution is -2.16. The Bertz CT molecular complexity index is 742. The number of carbonyl (C=O) groups is 1. The minimum atomic E-state index is -0.396. The van der Waals surface area contributed by atoms with Crippen molar-refractivity contribution in [1.29, 1.82) is 0 Å². The molecular weight excluding hydrogens is 305 g/mol. The highest BCUT2D eigenvalue weighted by molar-refractivity contribution is 5.92. The van der Waals surface area contributed by atoms with Crippen LogP contribution in [0.3, 0.4) is 0 Å². The Kier molecular flexibility index (Phi) is 4.84. The predicted molar refractivity (Wildman–Crippen MR) is 92.9 cm³/mol. The second kappa shape index (κ2) is 7.04. The zero-order valence-electron chi connectivity index (χ0n) is 14.0. The molecule has 0 spiro atoms. The molecule has 2 aromatic rings. The lowest BCUT2D eigenvalue weighted by molar-refractivity contribution is -0.116. The van der Waals surface area contributed by atoms with Crippen LogP contribution < -0.4 is 10.1 Å². The van der Waals surface area contributed by atoms with Crippen molar-refractivity contribution in [2.45, 2.75) is 45.1 Å². The number of carbonyl (C=O) groups excluding carboxylic acids is 1. The zero-order valence-corrected chi connectivity index (χ0v) is 14.0. The van der Waals surface area contributed by atoms with Gasteiger partial charge in [0.25, 0.3) is 0 Å². The maximum absolute atomic E-state index is 13.5. The average Bonchev–Trinajstić information content (AvgIpc) is 2.93. The summed E-state index contributed by atoms with van der Waals surface area (Å²) in [7, 11) is 0. The first-order valence-electron chi connectivity index (χ1n) is 8.37. The molecule has 1 amide bonds. The van der Waals surface area contributed by atoms with Crippen LogP contribution >= 0.6 is 0 Å². The number of aryl methyl sites for hydroxylation is 1. The summed E-state index contributed by atoms with van der Waals surface area (Å²) >= 11 is 0. The Morgan fingerprint density at radius 2 is 2.08 bits per heavy atom. The van der Waals surface area contributed by atoms with Crippen molar-refractivity contribution in [3.05, 3.63) is 59.4 Å². The van der Waals surface area contributed by atoms with Gasteiger partial charge in [0.05, 0.1) is 11.8 Å². The monoisotopic (exact) mass is 327 g/mol. The van der Waals surface area contributed by atoms with E-state index in [0.29, 0.717) is 17.9 Å². The van der Waals surface area contributed by atoms with Crippen LogP contribution in [-0.2, 0) is 11.2 Å². The first-order valence-corrected chi connectivity index (χ1v) is 8.37. The van der Waals surface area contributed by atoms with E-state index in [9.17, 15) is 9.18 Å². The first kappa shape index (κ1) is 16.5. The molecule has 1 aliphatic carbocycles. The zero-order chi connectivity index (χ0) is 17.1. The quantitative estimate of drug-likeness (QED) is 0.866. The van der Waals surface area contributed by atoms with Crippen LogP contribution in [0, 0.1) is 5.82 Å². The SMILES string of the molecule is CC(C)Oc1ccc(F)cc1NC(=O)CC1CCc2ccccc21. The Hall–Kier alpha value is -2.36. The van der Waals surface area contributed by atoms with Crippen molar-refractivity contribution in [3.8, 4) is 5.75 Å². The molecule has 0 aliphatic heterocycles. The highest BCUT2D eigenvalue weighted by Crippen LogP contribution is 2.36. The third-order valence-electron chi connectivity index (χ3n) is 4.27. The van der Waals surface area contributed by atoms with Gasteiger partial charge in [-0.1, -0.05) is 24.3 Å². The fraction of sp³-hybridized carbons (Fsp3) is 0.350. The second-order valence-corrected chi connectivity index (χ2v) is 6.49. The van der Waals surface area contributed by atoms with Crippen molar-refractivity contribution >= 4 is 11.6 Å². The summed E-state index contributed by atoms with van der Waals surface area (Å²) in [6.07, 6.45) is 2.34. The van der Waals surface area contributed by atoms with E-state index in [2.05, 4.69) is 17.4 Å². The van der Waals surface area contributed by atoms with E-state index in [1.54, 1.807) is 6.07 Å². The summed E-state index contributed by atoms with van der Waals surface area (Å²) in [5.41, 5.74) is 2.97. The number of hydrogen-bond acceptors (Lipinski definition) is 2. The lowest BCUT2D eigenvalue weighted by atomic mass is 9.97. The van der Waals surface area contributed by atoms with Gasteiger partial charge < -0.3 is 10.1 Å². The average molecular weight is 327 g/mol. The smallest absolute Gasteiger partial charge is 0.225 e. The van der Waals surface area contributed by atoms with E-state index in [-0.39, 0.29) is 17.9 Å². The van der Waals surface area contributed by atoms with Crippen LogP contribution in [0.1, 0.15) is 43.7 Å². The minimum absolute atomic E-state index is 0.0483. The maximum atomic E-state index is 13.5. The number of nitrogens with one attached hydrogen (secondary N) is 1. The van der Waals surface area contributed by atoms with Crippen molar-refractivity contribution in [2.24, 2.45) is 0 Å². The third kappa shape index (κ3) is 3.75. The van der Waals surface area contributed by atoms with E-state index in [1.165, 1.54) is 23.3 Å². The number of ether oxygens (including phenoxy) is 1. The molecule has 0 aromatic heterocycles. The van der Waals surface area contributed by atoms with Crippen molar-refractivity contribution in [1.82, 2.24) is 0 Å². The summed E-state index contributed by atoms with van der Waals surface area (Å²) < 4.78 is 19.2. The van der Waals surface area contributed by atoms with Gasteiger partial charge in [0.15, 0.2) is 0 Å². The number of hydrogen-bond donors (Lipinski definition) is 1. The largest absolute Gasteiger partial charge is 0.489 e. The number of fused-ring (bicyclic) bond motifs is 1. The molecule has 4 heteroatoms. The highest BCUT2D eigenvalue weighted by Gasteiger charge is 2.24. The van der Waals surface area contributed by atoms with Gasteiger partial charge in [-0.15, -0.1) is 0 Å². The van der Waals surface area contributed by atoms with Gasteiger partial charge in [0, 0.05) is 12.5 Å². The molecule has 126 valence electrons. The molecule has 1 atom stereocenters. The molecule has 0 saturated carbocycles. The summed E-state index contributed by atoms with van der Waals surface area (Å²) in [6, 6.07) is 12.4. The first-order chi connectivity index (χ1) is 11.5. The molecular formula is C20H22FNO2.